The molecule has 0 radical (unpaired) electrons. The zero-order valence-electron chi connectivity index (χ0n) is 18.1. The van der Waals surface area contributed by atoms with Crippen molar-refractivity contribution in [3.05, 3.63) is 75.9 Å². The maximum Gasteiger partial charge on any atom is 0.245 e. The highest BCUT2D eigenvalue weighted by Gasteiger charge is 2.32. The topological polar surface area (TPSA) is 79.6 Å². The number of nitrogens with zero attached hydrogens (tertiary/aromatic N) is 4. The molecule has 0 saturated carbocycles. The summed E-state index contributed by atoms with van der Waals surface area (Å²) in [5, 5.41) is 8.40. The number of fused-ring (bicyclic) bond motifs is 1. The number of piperidine rings is 1. The van der Waals surface area contributed by atoms with Gasteiger partial charge >= 0.3 is 0 Å². The number of sulfonamides is 1. The Kier molecular flexibility index (Phi) is 6.51. The van der Waals surface area contributed by atoms with Crippen LogP contribution in [0.4, 0.5) is 14.6 Å². The lowest BCUT2D eigenvalue weighted by Crippen LogP contribution is -2.42. The Morgan fingerprint density at radius 1 is 1.09 bits per heavy atom. The van der Waals surface area contributed by atoms with E-state index < -0.39 is 26.6 Å². The van der Waals surface area contributed by atoms with Gasteiger partial charge < -0.3 is 5.32 Å². The molecule has 182 valence electrons. The van der Waals surface area contributed by atoms with E-state index in [1.807, 2.05) is 24.3 Å². The van der Waals surface area contributed by atoms with E-state index in [4.69, 9.17) is 16.6 Å². The fourth-order valence-electron chi connectivity index (χ4n) is 4.12. The first kappa shape index (κ1) is 24.1. The molecule has 1 fully saturated rings. The van der Waals surface area contributed by atoms with Gasteiger partial charge in [0.2, 0.25) is 10.0 Å². The molecule has 0 amide bonds. The Morgan fingerprint density at radius 3 is 2.54 bits per heavy atom. The molecule has 35 heavy (non-hydrogen) atoms. The predicted octanol–water partition coefficient (Wildman–Crippen LogP) is 5.36. The summed E-state index contributed by atoms with van der Waals surface area (Å²) in [4.78, 5) is 4.17. The third kappa shape index (κ3) is 4.65. The van der Waals surface area contributed by atoms with Crippen LogP contribution in [0.1, 0.15) is 12.8 Å². The number of halogens is 4. The molecule has 7 nitrogen and oxygen atoms in total. The summed E-state index contributed by atoms with van der Waals surface area (Å²) in [6.07, 6.45) is 2.61. The van der Waals surface area contributed by atoms with Crippen LogP contribution >= 0.6 is 27.5 Å². The van der Waals surface area contributed by atoms with Crippen LogP contribution in [0.15, 0.2) is 64.1 Å². The largest absolute Gasteiger partial charge is 0.367 e. The number of nitrogens with one attached hydrogen (secondary N) is 1. The van der Waals surface area contributed by atoms with Crippen LogP contribution in [0.2, 0.25) is 5.02 Å². The molecule has 0 bridgehead atoms. The molecular formula is C23H19BrClF2N5O2S. The molecule has 3 heterocycles. The van der Waals surface area contributed by atoms with Gasteiger partial charge in [0.25, 0.3) is 0 Å². The Hall–Kier alpha value is -2.60. The highest BCUT2D eigenvalue weighted by atomic mass is 79.9. The third-order valence-corrected chi connectivity index (χ3v) is 8.72. The first-order valence-electron chi connectivity index (χ1n) is 10.7. The maximum absolute atomic E-state index is 14.1. The van der Waals surface area contributed by atoms with Crippen molar-refractivity contribution in [2.75, 3.05) is 18.4 Å². The van der Waals surface area contributed by atoms with Crippen molar-refractivity contribution in [2.45, 2.75) is 23.8 Å². The van der Waals surface area contributed by atoms with E-state index in [0.717, 1.165) is 22.2 Å². The molecule has 1 aliphatic rings. The number of hydrogen-bond donors (Lipinski definition) is 1. The Labute approximate surface area is 213 Å². The van der Waals surface area contributed by atoms with Crippen LogP contribution in [0, 0.1) is 11.6 Å². The molecule has 12 heteroatoms. The van der Waals surface area contributed by atoms with Gasteiger partial charge in [0, 0.05) is 41.9 Å². The minimum atomic E-state index is -4.07. The van der Waals surface area contributed by atoms with Crippen LogP contribution in [0.25, 0.3) is 16.9 Å². The molecule has 0 aliphatic carbocycles. The standard InChI is InChI=1S/C23H19BrClF2N5O2S/c24-17-13-28-32-22(12-20(30-23(17)32)16-3-1-2-4-18(16)25)29-15-7-9-31(10-8-15)35(33,34)21-6-5-14(26)11-19(21)27/h1-6,11-13,15,29H,7-10H2. The van der Waals surface area contributed by atoms with Crippen LogP contribution < -0.4 is 5.32 Å². The fourth-order valence-corrected chi connectivity index (χ4v) is 6.21. The summed E-state index contributed by atoms with van der Waals surface area (Å²) in [6.45, 7) is 0.371. The molecule has 1 aliphatic heterocycles. The van der Waals surface area contributed by atoms with E-state index in [1.165, 1.54) is 4.31 Å². The Morgan fingerprint density at radius 2 is 1.83 bits per heavy atom. The molecule has 4 aromatic rings. The van der Waals surface area contributed by atoms with E-state index in [0.29, 0.717) is 41.1 Å². The summed E-state index contributed by atoms with van der Waals surface area (Å²) in [7, 11) is -4.07. The van der Waals surface area contributed by atoms with Crippen molar-refractivity contribution in [2.24, 2.45) is 0 Å². The molecular weight excluding hydrogens is 564 g/mol. The van der Waals surface area contributed by atoms with Crippen LogP contribution in [-0.4, -0.2) is 46.5 Å². The number of aromatic nitrogens is 3. The van der Waals surface area contributed by atoms with E-state index >= 15 is 0 Å². The predicted molar refractivity (Wildman–Crippen MR) is 133 cm³/mol. The van der Waals surface area contributed by atoms with Gasteiger partial charge in [-0.2, -0.15) is 13.9 Å². The fraction of sp³-hybridized carbons (Fsp3) is 0.217. The first-order valence-corrected chi connectivity index (χ1v) is 13.4. The first-order chi connectivity index (χ1) is 16.7. The van der Waals surface area contributed by atoms with Crippen LogP contribution in [-0.2, 0) is 10.0 Å². The highest BCUT2D eigenvalue weighted by molar-refractivity contribution is 9.10. The SMILES string of the molecule is O=S(=O)(c1ccc(F)cc1F)N1CCC(Nc2cc(-c3ccccc3Cl)nc3c(Br)cnn23)CC1. The van der Waals surface area contributed by atoms with Crippen molar-refractivity contribution in [1.29, 1.82) is 0 Å². The van der Waals surface area contributed by atoms with Crippen molar-refractivity contribution in [1.82, 2.24) is 18.9 Å². The van der Waals surface area contributed by atoms with E-state index in [9.17, 15) is 17.2 Å². The van der Waals surface area contributed by atoms with Crippen molar-refractivity contribution < 1.29 is 17.2 Å². The second kappa shape index (κ2) is 9.45. The van der Waals surface area contributed by atoms with Gasteiger partial charge in [-0.1, -0.05) is 29.8 Å². The Bertz CT molecular complexity index is 1520. The average Bonchev–Trinajstić information content (AvgIpc) is 3.20. The van der Waals surface area contributed by atoms with Gasteiger partial charge in [0.1, 0.15) is 22.3 Å². The summed E-state index contributed by atoms with van der Waals surface area (Å²) in [6, 6.07) is 11.7. The van der Waals surface area contributed by atoms with Crippen LogP contribution in [0.5, 0.6) is 0 Å². The zero-order valence-corrected chi connectivity index (χ0v) is 21.3. The van der Waals surface area contributed by atoms with Gasteiger partial charge in [0.15, 0.2) is 5.65 Å². The minimum Gasteiger partial charge on any atom is -0.367 e. The number of hydrogen-bond acceptors (Lipinski definition) is 5. The molecule has 2 aromatic carbocycles. The smallest absolute Gasteiger partial charge is 0.245 e. The van der Waals surface area contributed by atoms with Crippen molar-refractivity contribution in [3.8, 4) is 11.3 Å². The van der Waals surface area contributed by atoms with E-state index in [-0.39, 0.29) is 19.1 Å². The number of rotatable bonds is 5. The monoisotopic (exact) mass is 581 g/mol. The van der Waals surface area contributed by atoms with Crippen molar-refractivity contribution >= 4 is 49.0 Å². The quantitative estimate of drug-likeness (QED) is 0.343. The second-order valence-corrected chi connectivity index (χ2v) is 11.3. The lowest BCUT2D eigenvalue weighted by atomic mass is 10.1. The van der Waals surface area contributed by atoms with Gasteiger partial charge in [0.05, 0.1) is 16.4 Å². The zero-order chi connectivity index (χ0) is 24.7. The molecule has 2 aromatic heterocycles. The number of benzene rings is 2. The molecule has 5 rings (SSSR count). The molecule has 0 unspecified atom stereocenters. The number of anilines is 1. The molecule has 0 atom stereocenters. The molecule has 1 saturated heterocycles. The van der Waals surface area contributed by atoms with E-state index in [1.54, 1.807) is 16.8 Å². The second-order valence-electron chi connectivity index (χ2n) is 8.13. The highest BCUT2D eigenvalue weighted by Crippen LogP contribution is 2.31. The summed E-state index contributed by atoms with van der Waals surface area (Å²) in [5.41, 5.74) is 2.05. The average molecular weight is 583 g/mol. The lowest BCUT2D eigenvalue weighted by molar-refractivity contribution is 0.328. The van der Waals surface area contributed by atoms with Gasteiger partial charge in [-0.05, 0) is 47.0 Å². The molecule has 1 N–H and O–H groups in total. The minimum absolute atomic E-state index is 0.0628. The summed E-state index contributed by atoms with van der Waals surface area (Å²) >= 11 is 9.87. The van der Waals surface area contributed by atoms with Crippen LogP contribution in [0.3, 0.4) is 0 Å². The van der Waals surface area contributed by atoms with Crippen molar-refractivity contribution in [3.63, 3.8) is 0 Å². The van der Waals surface area contributed by atoms with E-state index in [2.05, 4.69) is 26.3 Å². The third-order valence-electron chi connectivity index (χ3n) is 5.90. The van der Waals surface area contributed by atoms with Gasteiger partial charge in [-0.25, -0.2) is 22.2 Å². The van der Waals surface area contributed by atoms with Gasteiger partial charge in [-0.15, -0.1) is 0 Å². The van der Waals surface area contributed by atoms with Gasteiger partial charge in [-0.3, -0.25) is 0 Å². The maximum atomic E-state index is 14.1. The lowest BCUT2D eigenvalue weighted by Gasteiger charge is -2.32. The summed E-state index contributed by atoms with van der Waals surface area (Å²) in [5.74, 6) is -1.24. The Balaban J connectivity index is 1.38. The normalized spacial score (nSPS) is 15.5. The molecule has 0 spiro atoms. The summed E-state index contributed by atoms with van der Waals surface area (Å²) < 4.78 is 56.8.